The highest BCUT2D eigenvalue weighted by molar-refractivity contribution is 5.80. The summed E-state index contributed by atoms with van der Waals surface area (Å²) in [5.41, 5.74) is 1.17. The first kappa shape index (κ1) is 18.6. The van der Waals surface area contributed by atoms with Crippen molar-refractivity contribution in [3.63, 3.8) is 0 Å². The summed E-state index contributed by atoms with van der Waals surface area (Å²) < 4.78 is 11.5. The Morgan fingerprint density at radius 3 is 2.62 bits per heavy atom. The molecule has 0 saturated heterocycles. The molecule has 134 valence electrons. The van der Waals surface area contributed by atoms with Crippen LogP contribution in [0.1, 0.15) is 45.1 Å². The largest absolute Gasteiger partial charge is 0.490 e. The van der Waals surface area contributed by atoms with Gasteiger partial charge in [-0.3, -0.25) is 4.79 Å². The summed E-state index contributed by atoms with van der Waals surface area (Å²) in [6.45, 7) is 5.10. The van der Waals surface area contributed by atoms with E-state index in [1.807, 2.05) is 25.1 Å². The third kappa shape index (κ3) is 5.13. The van der Waals surface area contributed by atoms with Crippen molar-refractivity contribution in [1.29, 1.82) is 0 Å². The molecule has 1 aromatic rings. The minimum absolute atomic E-state index is 0.0653. The highest BCUT2D eigenvalue weighted by Crippen LogP contribution is 2.30. The summed E-state index contributed by atoms with van der Waals surface area (Å²) in [5, 5.41) is 3.60. The van der Waals surface area contributed by atoms with Gasteiger partial charge in [0.05, 0.1) is 6.61 Å². The molecule has 1 atom stereocenters. The van der Waals surface area contributed by atoms with E-state index >= 15 is 0 Å². The fraction of sp³-hybridized carbons (Fsp3) is 0.632. The normalized spacial score (nSPS) is 16.0. The zero-order valence-electron chi connectivity index (χ0n) is 15.3. The predicted octanol–water partition coefficient (Wildman–Crippen LogP) is 2.97. The van der Waals surface area contributed by atoms with Crippen LogP contribution in [0.2, 0.25) is 0 Å². The lowest BCUT2D eigenvalue weighted by molar-refractivity contribution is -0.135. The highest BCUT2D eigenvalue weighted by atomic mass is 16.5. The van der Waals surface area contributed by atoms with Gasteiger partial charge in [-0.15, -0.1) is 0 Å². The van der Waals surface area contributed by atoms with Crippen LogP contribution in [0.4, 0.5) is 0 Å². The Morgan fingerprint density at radius 1 is 1.29 bits per heavy atom. The summed E-state index contributed by atoms with van der Waals surface area (Å²) in [6, 6.07) is 6.57. The van der Waals surface area contributed by atoms with Gasteiger partial charge < -0.3 is 19.7 Å². The van der Waals surface area contributed by atoms with Crippen molar-refractivity contribution < 1.29 is 14.3 Å². The van der Waals surface area contributed by atoms with Crippen LogP contribution in [-0.4, -0.2) is 43.7 Å². The zero-order valence-corrected chi connectivity index (χ0v) is 15.3. The Labute approximate surface area is 145 Å². The molecule has 0 heterocycles. The molecule has 1 aromatic carbocycles. The summed E-state index contributed by atoms with van der Waals surface area (Å²) >= 11 is 0. The first-order valence-electron chi connectivity index (χ1n) is 8.88. The maximum absolute atomic E-state index is 12.0. The third-order valence-electron chi connectivity index (χ3n) is 4.35. The van der Waals surface area contributed by atoms with E-state index in [1.54, 1.807) is 21.0 Å². The van der Waals surface area contributed by atoms with Gasteiger partial charge in [0.2, 0.25) is 0 Å². The Kier molecular flexibility index (Phi) is 6.91. The number of rotatable bonds is 8. The van der Waals surface area contributed by atoms with E-state index in [0.717, 1.165) is 6.54 Å². The molecule has 1 N–H and O–H groups in total. The van der Waals surface area contributed by atoms with Crippen LogP contribution in [0, 0.1) is 0 Å². The number of benzene rings is 1. The van der Waals surface area contributed by atoms with Crippen LogP contribution in [0.5, 0.6) is 11.5 Å². The minimum atomic E-state index is -0.540. The lowest BCUT2D eigenvalue weighted by atomic mass is 10.1. The van der Waals surface area contributed by atoms with Gasteiger partial charge in [0.15, 0.2) is 17.6 Å². The molecule has 0 radical (unpaired) electrons. The molecule has 1 aliphatic rings. The average molecular weight is 334 g/mol. The van der Waals surface area contributed by atoms with Gasteiger partial charge in [-0.2, -0.15) is 0 Å². The number of nitrogens with zero attached hydrogens (tertiary/aromatic N) is 1. The number of carbonyl (C=O) groups excluding carboxylic acids is 1. The van der Waals surface area contributed by atoms with Crippen LogP contribution >= 0.6 is 0 Å². The lowest BCUT2D eigenvalue weighted by Crippen LogP contribution is -2.35. The summed E-state index contributed by atoms with van der Waals surface area (Å²) in [7, 11) is 3.45. The maximum Gasteiger partial charge on any atom is 0.262 e. The molecule has 1 saturated carbocycles. The van der Waals surface area contributed by atoms with E-state index in [-0.39, 0.29) is 5.91 Å². The molecule has 5 nitrogen and oxygen atoms in total. The second-order valence-electron chi connectivity index (χ2n) is 6.57. The monoisotopic (exact) mass is 334 g/mol. The van der Waals surface area contributed by atoms with Crippen molar-refractivity contribution in [3.8, 4) is 11.5 Å². The molecule has 1 fully saturated rings. The summed E-state index contributed by atoms with van der Waals surface area (Å²) in [6.07, 6.45) is 4.65. The molecule has 1 amide bonds. The Bertz CT molecular complexity index is 539. The quantitative estimate of drug-likeness (QED) is 0.794. The lowest BCUT2D eigenvalue weighted by Gasteiger charge is -2.20. The Morgan fingerprint density at radius 2 is 2.00 bits per heavy atom. The van der Waals surface area contributed by atoms with Crippen molar-refractivity contribution in [1.82, 2.24) is 10.2 Å². The van der Waals surface area contributed by atoms with E-state index in [0.29, 0.717) is 24.1 Å². The van der Waals surface area contributed by atoms with E-state index in [1.165, 1.54) is 36.1 Å². The van der Waals surface area contributed by atoms with Gasteiger partial charge in [0.1, 0.15) is 0 Å². The fourth-order valence-electron chi connectivity index (χ4n) is 3.02. The first-order valence-corrected chi connectivity index (χ1v) is 8.88. The number of nitrogens with one attached hydrogen (secondary N) is 1. The highest BCUT2D eigenvalue weighted by Gasteiger charge is 2.19. The second kappa shape index (κ2) is 8.92. The van der Waals surface area contributed by atoms with Gasteiger partial charge in [0, 0.05) is 26.7 Å². The molecule has 0 spiro atoms. The second-order valence-corrected chi connectivity index (χ2v) is 6.57. The number of carbonyl (C=O) groups is 1. The van der Waals surface area contributed by atoms with E-state index < -0.39 is 6.10 Å². The average Bonchev–Trinajstić information content (AvgIpc) is 3.07. The molecule has 5 heteroatoms. The minimum Gasteiger partial charge on any atom is -0.490 e. The maximum atomic E-state index is 12.0. The number of ether oxygens (including phenoxy) is 2. The zero-order chi connectivity index (χ0) is 17.5. The predicted molar refractivity (Wildman–Crippen MR) is 95.5 cm³/mol. The molecule has 0 aliphatic heterocycles. The SMILES string of the molecule is CCOc1cc(CNC2CCCC2)ccc1OC(C)C(=O)N(C)C. The Balaban J connectivity index is 2.03. The molecule has 1 aliphatic carbocycles. The number of hydrogen-bond donors (Lipinski definition) is 1. The van der Waals surface area contributed by atoms with Gasteiger partial charge in [0.25, 0.3) is 5.91 Å². The van der Waals surface area contributed by atoms with Crippen LogP contribution in [-0.2, 0) is 11.3 Å². The molecule has 0 aromatic heterocycles. The molecular formula is C19H30N2O3. The van der Waals surface area contributed by atoms with Gasteiger partial charge in [-0.25, -0.2) is 0 Å². The van der Waals surface area contributed by atoms with Crippen molar-refractivity contribution in [3.05, 3.63) is 23.8 Å². The van der Waals surface area contributed by atoms with Crippen LogP contribution in [0.15, 0.2) is 18.2 Å². The summed E-state index contributed by atoms with van der Waals surface area (Å²) in [5.74, 6) is 1.25. The van der Waals surface area contributed by atoms with E-state index in [2.05, 4.69) is 5.32 Å². The molecule has 1 unspecified atom stereocenters. The Hall–Kier alpha value is -1.75. The van der Waals surface area contributed by atoms with Crippen molar-refractivity contribution in [2.24, 2.45) is 0 Å². The summed E-state index contributed by atoms with van der Waals surface area (Å²) in [4.78, 5) is 13.5. The number of hydrogen-bond acceptors (Lipinski definition) is 4. The van der Waals surface area contributed by atoms with Crippen molar-refractivity contribution in [2.45, 2.75) is 58.2 Å². The molecular weight excluding hydrogens is 304 g/mol. The van der Waals surface area contributed by atoms with Crippen LogP contribution in [0.25, 0.3) is 0 Å². The first-order chi connectivity index (χ1) is 11.5. The molecule has 2 rings (SSSR count). The van der Waals surface area contributed by atoms with Gasteiger partial charge in [-0.1, -0.05) is 18.9 Å². The van der Waals surface area contributed by atoms with Gasteiger partial charge >= 0.3 is 0 Å². The third-order valence-corrected chi connectivity index (χ3v) is 4.35. The number of likely N-dealkylation sites (N-methyl/N-ethyl adjacent to an activating group) is 1. The fourth-order valence-corrected chi connectivity index (χ4v) is 3.02. The van der Waals surface area contributed by atoms with Crippen molar-refractivity contribution in [2.75, 3.05) is 20.7 Å². The standard InChI is InChI=1S/C19H30N2O3/c1-5-23-18-12-15(13-20-16-8-6-7-9-16)10-11-17(18)24-14(2)19(22)21(3)4/h10-12,14,16,20H,5-9,13H2,1-4H3. The van der Waals surface area contributed by atoms with Crippen LogP contribution < -0.4 is 14.8 Å². The number of amides is 1. The van der Waals surface area contributed by atoms with Gasteiger partial charge in [-0.05, 0) is 44.4 Å². The van der Waals surface area contributed by atoms with Crippen molar-refractivity contribution >= 4 is 5.91 Å². The smallest absolute Gasteiger partial charge is 0.262 e. The van der Waals surface area contributed by atoms with E-state index in [9.17, 15) is 4.79 Å². The molecule has 0 bridgehead atoms. The topological polar surface area (TPSA) is 50.8 Å². The molecule has 24 heavy (non-hydrogen) atoms. The van der Waals surface area contributed by atoms with E-state index in [4.69, 9.17) is 9.47 Å². The van der Waals surface area contributed by atoms with Crippen LogP contribution in [0.3, 0.4) is 0 Å².